The number of nitrogens with zero attached hydrogens (tertiary/aromatic N) is 1. The van der Waals surface area contributed by atoms with E-state index in [0.29, 0.717) is 0 Å². The van der Waals surface area contributed by atoms with Gasteiger partial charge < -0.3 is 4.90 Å². The molecule has 1 aliphatic heterocycles. The van der Waals surface area contributed by atoms with E-state index in [1.54, 1.807) is 30.3 Å². The van der Waals surface area contributed by atoms with Crippen molar-refractivity contribution in [1.29, 1.82) is 0 Å². The van der Waals surface area contributed by atoms with Crippen molar-refractivity contribution in [2.24, 2.45) is 0 Å². The van der Waals surface area contributed by atoms with Gasteiger partial charge in [0.25, 0.3) is 0 Å². The zero-order chi connectivity index (χ0) is 21.9. The number of hydrogen-bond acceptors (Lipinski definition) is 5. The molecule has 7 nitrogen and oxygen atoms in total. The van der Waals surface area contributed by atoms with Gasteiger partial charge in [-0.25, -0.2) is 25.9 Å². The summed E-state index contributed by atoms with van der Waals surface area (Å²) in [5.41, 5.74) is 0. The highest BCUT2D eigenvalue weighted by Crippen LogP contribution is 2.24. The molecule has 0 unspecified atom stereocenters. The fourth-order valence-electron chi connectivity index (χ4n) is 3.21. The van der Waals surface area contributed by atoms with Crippen LogP contribution >= 0.6 is 11.6 Å². The number of nitrogens with one attached hydrogen (secondary N) is 1. The number of carbonyl (C=O) groups is 1. The Bertz CT molecular complexity index is 1130. The third-order valence-corrected chi connectivity index (χ3v) is 8.89. The summed E-state index contributed by atoms with van der Waals surface area (Å²) in [5.74, 6) is -1.22. The Labute approximate surface area is 179 Å². The maximum Gasteiger partial charge on any atom is 0.241 e. The smallest absolute Gasteiger partial charge is 0.241 e. The molecule has 2 aromatic rings. The molecule has 1 N–H and O–H groups in total. The number of amides is 1. The van der Waals surface area contributed by atoms with Gasteiger partial charge in [-0.2, -0.15) is 0 Å². The number of likely N-dealkylation sites (tertiary alicyclic amines) is 1. The highest BCUT2D eigenvalue weighted by atomic mass is 35.5. The number of rotatable bonds is 6. The molecule has 0 radical (unpaired) electrons. The number of sulfone groups is 1. The number of hydrogen-bond donors (Lipinski definition) is 1. The molecule has 162 valence electrons. The minimum atomic E-state index is -4.05. The fraction of sp³-hybridized carbons (Fsp3) is 0.316. The molecular weight excluding hydrogens is 455 g/mol. The monoisotopic (exact) mass is 474 g/mol. The van der Waals surface area contributed by atoms with Gasteiger partial charge in [0.1, 0.15) is 5.82 Å². The summed E-state index contributed by atoms with van der Waals surface area (Å²) >= 11 is 5.61. The maximum atomic E-state index is 13.2. The van der Waals surface area contributed by atoms with Crippen LogP contribution in [0.5, 0.6) is 0 Å². The summed E-state index contributed by atoms with van der Waals surface area (Å²) < 4.78 is 65.3. The molecule has 1 saturated heterocycles. The largest absolute Gasteiger partial charge is 0.341 e. The van der Waals surface area contributed by atoms with E-state index in [4.69, 9.17) is 11.6 Å². The Balaban J connectivity index is 1.57. The number of sulfonamides is 1. The predicted octanol–water partition coefficient (Wildman–Crippen LogP) is 2.22. The number of halogens is 2. The lowest BCUT2D eigenvalue weighted by Crippen LogP contribution is -2.46. The highest BCUT2D eigenvalue weighted by Gasteiger charge is 2.32. The second-order valence-corrected chi connectivity index (χ2v) is 11.2. The van der Waals surface area contributed by atoms with Crippen LogP contribution in [-0.4, -0.2) is 52.5 Å². The topological polar surface area (TPSA) is 101 Å². The Morgan fingerprint density at radius 2 is 1.67 bits per heavy atom. The Kier molecular flexibility index (Phi) is 6.81. The zero-order valence-electron chi connectivity index (χ0n) is 15.8. The Hall–Kier alpha value is -2.01. The molecule has 11 heteroatoms. The van der Waals surface area contributed by atoms with Gasteiger partial charge >= 0.3 is 0 Å². The first-order chi connectivity index (χ1) is 14.1. The molecule has 0 atom stereocenters. The second-order valence-electron chi connectivity index (χ2n) is 6.84. The quantitative estimate of drug-likeness (QED) is 0.691. The van der Waals surface area contributed by atoms with Crippen molar-refractivity contribution in [3.05, 3.63) is 59.4 Å². The van der Waals surface area contributed by atoms with Gasteiger partial charge in [-0.05, 0) is 43.2 Å². The molecule has 1 aliphatic rings. The van der Waals surface area contributed by atoms with Crippen LogP contribution in [0, 0.1) is 5.82 Å². The maximum absolute atomic E-state index is 13.2. The van der Waals surface area contributed by atoms with E-state index in [1.165, 1.54) is 4.90 Å². The minimum Gasteiger partial charge on any atom is -0.341 e. The number of carbonyl (C=O) groups excluding carboxylic acids is 1. The van der Waals surface area contributed by atoms with E-state index in [2.05, 4.69) is 4.72 Å². The number of piperidine rings is 1. The zero-order valence-corrected chi connectivity index (χ0v) is 18.2. The summed E-state index contributed by atoms with van der Waals surface area (Å²) in [4.78, 5) is 13.8. The third-order valence-electron chi connectivity index (χ3n) is 4.92. The van der Waals surface area contributed by atoms with Gasteiger partial charge in [-0.1, -0.05) is 29.8 Å². The predicted molar refractivity (Wildman–Crippen MR) is 110 cm³/mol. The minimum absolute atomic E-state index is 0.208. The number of benzene rings is 2. The molecule has 1 amide bonds. The van der Waals surface area contributed by atoms with Crippen LogP contribution in [0.2, 0.25) is 5.02 Å². The van der Waals surface area contributed by atoms with E-state index in [0.717, 1.165) is 18.2 Å². The van der Waals surface area contributed by atoms with Gasteiger partial charge in [0.05, 0.1) is 26.6 Å². The van der Waals surface area contributed by atoms with Crippen LogP contribution in [0.15, 0.2) is 58.3 Å². The Morgan fingerprint density at radius 3 is 2.27 bits per heavy atom. The van der Waals surface area contributed by atoms with E-state index < -0.39 is 43.4 Å². The normalized spacial score (nSPS) is 15.9. The van der Waals surface area contributed by atoms with E-state index in [1.807, 2.05) is 0 Å². The molecule has 30 heavy (non-hydrogen) atoms. The average molecular weight is 475 g/mol. The van der Waals surface area contributed by atoms with Crippen molar-refractivity contribution in [2.45, 2.75) is 27.9 Å². The van der Waals surface area contributed by atoms with Crippen molar-refractivity contribution in [1.82, 2.24) is 9.62 Å². The van der Waals surface area contributed by atoms with Crippen molar-refractivity contribution in [2.75, 3.05) is 19.6 Å². The van der Waals surface area contributed by atoms with Crippen molar-refractivity contribution in [3.63, 3.8) is 0 Å². The first-order valence-corrected chi connectivity index (χ1v) is 12.5. The van der Waals surface area contributed by atoms with Crippen LogP contribution in [0.4, 0.5) is 4.39 Å². The summed E-state index contributed by atoms with van der Waals surface area (Å²) in [6.45, 7) is -0.0766. The van der Waals surface area contributed by atoms with Gasteiger partial charge in [-0.3, -0.25) is 4.79 Å². The van der Waals surface area contributed by atoms with Gasteiger partial charge in [0, 0.05) is 13.1 Å². The first kappa shape index (κ1) is 22.7. The third kappa shape index (κ3) is 5.00. The Morgan fingerprint density at radius 1 is 1.03 bits per heavy atom. The van der Waals surface area contributed by atoms with Crippen LogP contribution in [0.1, 0.15) is 12.8 Å². The van der Waals surface area contributed by atoms with E-state index in [-0.39, 0.29) is 40.7 Å². The van der Waals surface area contributed by atoms with Crippen molar-refractivity contribution >= 4 is 37.4 Å². The summed E-state index contributed by atoms with van der Waals surface area (Å²) in [6, 6.07) is 11.1. The summed E-state index contributed by atoms with van der Waals surface area (Å²) in [7, 11) is -7.53. The van der Waals surface area contributed by atoms with Gasteiger partial charge in [0.15, 0.2) is 9.84 Å². The van der Waals surface area contributed by atoms with Gasteiger partial charge in [-0.15, -0.1) is 0 Å². The standard InChI is InChI=1S/C19H20ClFN2O5S2/c20-17-12-16(6-7-18(17)21)30(27,28)22-13-19(24)23-10-8-15(9-11-23)29(25,26)14-4-2-1-3-5-14/h1-7,12,15,22H,8-11,13H2. The molecule has 0 spiro atoms. The average Bonchev–Trinajstić information content (AvgIpc) is 2.74. The molecule has 0 aromatic heterocycles. The summed E-state index contributed by atoms with van der Waals surface area (Å²) in [6.07, 6.45) is 0.534. The van der Waals surface area contributed by atoms with Crippen molar-refractivity contribution in [3.8, 4) is 0 Å². The lowest BCUT2D eigenvalue weighted by Gasteiger charge is -2.31. The van der Waals surface area contributed by atoms with E-state index in [9.17, 15) is 26.0 Å². The SMILES string of the molecule is O=C(CNS(=O)(=O)c1ccc(F)c(Cl)c1)N1CCC(S(=O)(=O)c2ccccc2)CC1. The van der Waals surface area contributed by atoms with Crippen LogP contribution in [0.25, 0.3) is 0 Å². The highest BCUT2D eigenvalue weighted by molar-refractivity contribution is 7.92. The molecular formula is C19H20ClFN2O5S2. The van der Waals surface area contributed by atoms with Gasteiger partial charge in [0.2, 0.25) is 15.9 Å². The second kappa shape index (κ2) is 9.01. The van der Waals surface area contributed by atoms with Crippen molar-refractivity contribution < 1.29 is 26.0 Å². The van der Waals surface area contributed by atoms with Crippen LogP contribution in [0.3, 0.4) is 0 Å². The molecule has 2 aromatic carbocycles. The molecule has 0 bridgehead atoms. The first-order valence-electron chi connectivity index (χ1n) is 9.13. The van der Waals surface area contributed by atoms with Crippen LogP contribution < -0.4 is 4.72 Å². The molecule has 3 rings (SSSR count). The molecule has 0 saturated carbocycles. The fourth-order valence-corrected chi connectivity index (χ4v) is 6.21. The lowest BCUT2D eigenvalue weighted by molar-refractivity contribution is -0.130. The molecule has 0 aliphatic carbocycles. The summed E-state index contributed by atoms with van der Waals surface area (Å²) in [5, 5.41) is -0.937. The van der Waals surface area contributed by atoms with Crippen LogP contribution in [-0.2, 0) is 24.7 Å². The molecule has 1 fully saturated rings. The lowest BCUT2D eigenvalue weighted by atomic mass is 10.1. The molecule has 1 heterocycles. The van der Waals surface area contributed by atoms with E-state index >= 15 is 0 Å².